The highest BCUT2D eigenvalue weighted by Crippen LogP contribution is 2.10. The summed E-state index contributed by atoms with van der Waals surface area (Å²) in [7, 11) is 0. The van der Waals surface area contributed by atoms with Crippen LogP contribution in [0.1, 0.15) is 6.92 Å². The maximum Gasteiger partial charge on any atom is 0.170 e. The van der Waals surface area contributed by atoms with Crippen LogP contribution in [0.5, 0.6) is 0 Å². The lowest BCUT2D eigenvalue weighted by Crippen LogP contribution is -2.46. The van der Waals surface area contributed by atoms with Gasteiger partial charge in [-0.3, -0.25) is 0 Å². The molecule has 0 aromatic heterocycles. The van der Waals surface area contributed by atoms with E-state index in [1.54, 1.807) is 0 Å². The second kappa shape index (κ2) is 10.5. The Bertz CT molecular complexity index is 224. The minimum atomic E-state index is -1.12. The van der Waals surface area contributed by atoms with Crippen molar-refractivity contribution in [2.24, 2.45) is 0 Å². The third kappa shape index (κ3) is 7.14. The summed E-state index contributed by atoms with van der Waals surface area (Å²) in [5, 5.41) is 14.6. The summed E-state index contributed by atoms with van der Waals surface area (Å²) >= 11 is 0. The Labute approximate surface area is 113 Å². The number of aliphatic hydroxyl groups is 1. The smallest absolute Gasteiger partial charge is 0.170 e. The highest BCUT2D eigenvalue weighted by Gasteiger charge is 2.26. The number of aliphatic hydroxyl groups excluding tert-OH is 1. The number of hydrogen-bond acceptors (Lipinski definition) is 6. The van der Waals surface area contributed by atoms with Crippen molar-refractivity contribution in [1.82, 2.24) is 10.6 Å². The lowest BCUT2D eigenvalue weighted by atomic mass is 10.2. The number of ether oxygens (including phenoxy) is 3. The zero-order valence-electron chi connectivity index (χ0n) is 11.4. The van der Waals surface area contributed by atoms with Gasteiger partial charge < -0.3 is 30.0 Å². The molecule has 1 saturated heterocycles. The summed E-state index contributed by atoms with van der Waals surface area (Å²) in [5.41, 5.74) is 0. The lowest BCUT2D eigenvalue weighted by molar-refractivity contribution is -0.193. The predicted octanol–water partition coefficient (Wildman–Crippen LogP) is -0.726. The Morgan fingerprint density at radius 2 is 2.42 bits per heavy atom. The average Bonchev–Trinajstić information content (AvgIpc) is 2.39. The first-order valence-electron chi connectivity index (χ1n) is 6.79. The molecule has 1 aliphatic rings. The second-order valence-corrected chi connectivity index (χ2v) is 4.28. The lowest BCUT2D eigenvalue weighted by Gasteiger charge is -2.28. The van der Waals surface area contributed by atoms with Crippen LogP contribution in [-0.4, -0.2) is 76.3 Å². The Kier molecular flexibility index (Phi) is 9.23. The van der Waals surface area contributed by atoms with E-state index in [0.29, 0.717) is 32.8 Å². The van der Waals surface area contributed by atoms with E-state index in [1.807, 2.05) is 6.92 Å². The van der Waals surface area contributed by atoms with Crippen LogP contribution >= 0.6 is 0 Å². The van der Waals surface area contributed by atoms with Crippen molar-refractivity contribution in [1.29, 1.82) is 0 Å². The molecule has 0 aromatic rings. The molecule has 0 saturated carbocycles. The van der Waals surface area contributed by atoms with E-state index in [2.05, 4.69) is 10.6 Å². The van der Waals surface area contributed by atoms with Gasteiger partial charge in [0.05, 0.1) is 19.8 Å². The van der Waals surface area contributed by atoms with Crippen molar-refractivity contribution in [3.63, 3.8) is 0 Å². The van der Waals surface area contributed by atoms with E-state index < -0.39 is 18.6 Å². The van der Waals surface area contributed by atoms with Gasteiger partial charge in [0.25, 0.3) is 0 Å². The van der Waals surface area contributed by atoms with Gasteiger partial charge >= 0.3 is 0 Å². The first-order valence-corrected chi connectivity index (χ1v) is 6.79. The summed E-state index contributed by atoms with van der Waals surface area (Å²) in [4.78, 5) is 0. The van der Waals surface area contributed by atoms with Crippen LogP contribution in [0.15, 0.2) is 0 Å². The Hall–Kier alpha value is -0.310. The molecule has 3 atom stereocenters. The molecule has 0 aliphatic carbocycles. The van der Waals surface area contributed by atoms with Crippen LogP contribution in [0.25, 0.3) is 0 Å². The van der Waals surface area contributed by atoms with E-state index in [1.165, 1.54) is 0 Å². The van der Waals surface area contributed by atoms with Crippen LogP contribution in [0.4, 0.5) is 4.39 Å². The average molecular weight is 280 g/mol. The molecule has 0 bridgehead atoms. The molecule has 0 spiro atoms. The van der Waals surface area contributed by atoms with Gasteiger partial charge in [-0.15, -0.1) is 0 Å². The summed E-state index contributed by atoms with van der Waals surface area (Å²) in [6, 6.07) is 0. The normalized spacial score (nSPS) is 26.7. The fraction of sp³-hybridized carbons (Fsp3) is 1.00. The van der Waals surface area contributed by atoms with Crippen LogP contribution in [0, 0.1) is 0 Å². The highest BCUT2D eigenvalue weighted by atomic mass is 19.1. The molecule has 1 heterocycles. The number of halogens is 1. The SMILES string of the molecule is CCOC(CNCCO)O[C@H]1COCCNC[C@@H]1F. The van der Waals surface area contributed by atoms with Crippen molar-refractivity contribution < 1.29 is 23.7 Å². The molecule has 1 aliphatic heterocycles. The molecule has 0 radical (unpaired) electrons. The van der Waals surface area contributed by atoms with E-state index in [0.717, 1.165) is 0 Å². The van der Waals surface area contributed by atoms with E-state index in [-0.39, 0.29) is 19.8 Å². The van der Waals surface area contributed by atoms with Gasteiger partial charge in [0.2, 0.25) is 0 Å². The van der Waals surface area contributed by atoms with Gasteiger partial charge in [-0.1, -0.05) is 0 Å². The van der Waals surface area contributed by atoms with Crippen molar-refractivity contribution in [2.75, 3.05) is 52.6 Å². The summed E-state index contributed by atoms with van der Waals surface area (Å²) in [5.74, 6) is 0. The molecule has 0 amide bonds. The van der Waals surface area contributed by atoms with Gasteiger partial charge in [-0.25, -0.2) is 4.39 Å². The number of nitrogens with one attached hydrogen (secondary N) is 2. The van der Waals surface area contributed by atoms with Gasteiger partial charge in [0, 0.05) is 32.8 Å². The van der Waals surface area contributed by atoms with Crippen LogP contribution in [0.3, 0.4) is 0 Å². The maximum absolute atomic E-state index is 13.9. The summed E-state index contributed by atoms with van der Waals surface area (Å²) in [6.45, 7) is 4.93. The summed E-state index contributed by atoms with van der Waals surface area (Å²) in [6.07, 6.45) is -2.30. The quantitative estimate of drug-likeness (QED) is 0.402. The Morgan fingerprint density at radius 1 is 1.58 bits per heavy atom. The summed E-state index contributed by atoms with van der Waals surface area (Å²) < 4.78 is 30.2. The largest absolute Gasteiger partial charge is 0.395 e. The topological polar surface area (TPSA) is 72.0 Å². The first-order chi connectivity index (χ1) is 9.27. The van der Waals surface area contributed by atoms with Crippen LogP contribution < -0.4 is 10.6 Å². The molecule has 3 N–H and O–H groups in total. The zero-order valence-corrected chi connectivity index (χ0v) is 11.4. The number of rotatable bonds is 8. The van der Waals surface area contributed by atoms with Crippen LogP contribution in [-0.2, 0) is 14.2 Å². The fourth-order valence-electron chi connectivity index (χ4n) is 1.77. The third-order valence-electron chi connectivity index (χ3n) is 2.73. The first kappa shape index (κ1) is 16.7. The molecule has 1 rings (SSSR count). The second-order valence-electron chi connectivity index (χ2n) is 4.28. The predicted molar refractivity (Wildman–Crippen MR) is 68.8 cm³/mol. The molecular weight excluding hydrogens is 255 g/mol. The zero-order chi connectivity index (χ0) is 13.9. The third-order valence-corrected chi connectivity index (χ3v) is 2.73. The van der Waals surface area contributed by atoms with Crippen molar-refractivity contribution >= 4 is 0 Å². The Morgan fingerprint density at radius 3 is 3.16 bits per heavy atom. The molecule has 114 valence electrons. The highest BCUT2D eigenvalue weighted by molar-refractivity contribution is 4.75. The minimum Gasteiger partial charge on any atom is -0.395 e. The van der Waals surface area contributed by atoms with Gasteiger partial charge in [0.1, 0.15) is 12.3 Å². The van der Waals surface area contributed by atoms with E-state index in [4.69, 9.17) is 19.3 Å². The molecule has 1 unspecified atom stereocenters. The van der Waals surface area contributed by atoms with Gasteiger partial charge in [-0.2, -0.15) is 0 Å². The molecule has 7 heteroatoms. The van der Waals surface area contributed by atoms with Gasteiger partial charge in [-0.05, 0) is 6.92 Å². The fourth-order valence-corrected chi connectivity index (χ4v) is 1.77. The standard InChI is InChI=1S/C12H25FN2O4/c1-2-18-12(8-14-3-5-16)19-11-9-17-6-4-15-7-10(11)13/h10-12,14-16H,2-9H2,1H3/t10-,11-,12?/m0/s1. The Balaban J connectivity index is 2.39. The molecule has 1 fully saturated rings. The number of hydrogen-bond donors (Lipinski definition) is 3. The van der Waals surface area contributed by atoms with Crippen molar-refractivity contribution in [3.8, 4) is 0 Å². The van der Waals surface area contributed by atoms with Crippen molar-refractivity contribution in [2.45, 2.75) is 25.5 Å². The van der Waals surface area contributed by atoms with Crippen molar-refractivity contribution in [3.05, 3.63) is 0 Å². The van der Waals surface area contributed by atoms with E-state index >= 15 is 0 Å². The maximum atomic E-state index is 13.9. The van der Waals surface area contributed by atoms with E-state index in [9.17, 15) is 4.39 Å². The van der Waals surface area contributed by atoms with Gasteiger partial charge in [0.15, 0.2) is 6.29 Å². The molecular formula is C12H25FN2O4. The molecule has 19 heavy (non-hydrogen) atoms. The van der Waals surface area contributed by atoms with Crippen LogP contribution in [0.2, 0.25) is 0 Å². The molecule has 0 aromatic carbocycles. The minimum absolute atomic E-state index is 0.0427. The number of alkyl halides is 1. The monoisotopic (exact) mass is 280 g/mol. The molecule has 6 nitrogen and oxygen atoms in total.